The van der Waals surface area contributed by atoms with E-state index in [1.54, 1.807) is 0 Å². The van der Waals surface area contributed by atoms with Gasteiger partial charge < -0.3 is 5.32 Å². The molecule has 20 heavy (non-hydrogen) atoms. The third-order valence-corrected chi connectivity index (χ3v) is 4.92. The minimum atomic E-state index is 0.408. The number of nitrogens with zero attached hydrogens (tertiary/aromatic N) is 2. The quantitative estimate of drug-likeness (QED) is 0.801. The number of aromatic nitrogens is 2. The molecule has 0 aromatic carbocycles. The molecule has 0 radical (unpaired) electrons. The van der Waals surface area contributed by atoms with Gasteiger partial charge in [-0.2, -0.15) is 5.10 Å². The van der Waals surface area contributed by atoms with E-state index >= 15 is 0 Å². The monoisotopic (exact) mass is 341 g/mol. The Labute approximate surface area is 131 Å². The summed E-state index contributed by atoms with van der Waals surface area (Å²) in [7, 11) is 0. The van der Waals surface area contributed by atoms with Crippen LogP contribution >= 0.6 is 15.9 Å². The highest BCUT2D eigenvalue weighted by Crippen LogP contribution is 2.37. The molecule has 1 N–H and O–H groups in total. The Kier molecular flexibility index (Phi) is 6.09. The molecule has 0 amide bonds. The summed E-state index contributed by atoms with van der Waals surface area (Å²) in [6.45, 7) is 7.73. The van der Waals surface area contributed by atoms with E-state index in [-0.39, 0.29) is 0 Å². The average molecular weight is 342 g/mol. The summed E-state index contributed by atoms with van der Waals surface area (Å²) in [5.41, 5.74) is 1.35. The van der Waals surface area contributed by atoms with E-state index in [1.165, 1.54) is 44.2 Å². The molecule has 1 saturated carbocycles. The standard InChI is InChI=1S/C16H28BrN3/c1-4-10-18-15(13-8-6-5-7-9-13)16-14(17)11-19-20(16)12(2)3/h11-13,15,18H,4-10H2,1-3H3. The van der Waals surface area contributed by atoms with Crippen molar-refractivity contribution in [3.8, 4) is 0 Å². The second kappa shape index (κ2) is 7.60. The molecule has 114 valence electrons. The van der Waals surface area contributed by atoms with Gasteiger partial charge in [-0.25, -0.2) is 0 Å². The van der Waals surface area contributed by atoms with Crippen molar-refractivity contribution in [2.24, 2.45) is 5.92 Å². The van der Waals surface area contributed by atoms with Crippen molar-refractivity contribution in [1.29, 1.82) is 0 Å². The molecule has 0 spiro atoms. The molecule has 4 heteroatoms. The Morgan fingerprint density at radius 3 is 2.65 bits per heavy atom. The summed E-state index contributed by atoms with van der Waals surface area (Å²) in [6, 6.07) is 0.848. The van der Waals surface area contributed by atoms with Crippen LogP contribution in [0.15, 0.2) is 10.7 Å². The van der Waals surface area contributed by atoms with Crippen LogP contribution in [0, 0.1) is 5.92 Å². The molecule has 1 atom stereocenters. The van der Waals surface area contributed by atoms with Gasteiger partial charge in [0.2, 0.25) is 0 Å². The highest BCUT2D eigenvalue weighted by molar-refractivity contribution is 9.10. The molecule has 1 heterocycles. The highest BCUT2D eigenvalue weighted by Gasteiger charge is 2.29. The van der Waals surface area contributed by atoms with Crippen LogP contribution in [-0.4, -0.2) is 16.3 Å². The van der Waals surface area contributed by atoms with Crippen molar-refractivity contribution >= 4 is 15.9 Å². The first-order valence-electron chi connectivity index (χ1n) is 8.11. The van der Waals surface area contributed by atoms with Crippen molar-refractivity contribution in [2.45, 2.75) is 71.4 Å². The minimum absolute atomic E-state index is 0.408. The van der Waals surface area contributed by atoms with Gasteiger partial charge in [-0.15, -0.1) is 0 Å². The van der Waals surface area contributed by atoms with Crippen LogP contribution in [0.4, 0.5) is 0 Å². The van der Waals surface area contributed by atoms with Crippen molar-refractivity contribution < 1.29 is 0 Å². The van der Waals surface area contributed by atoms with Crippen molar-refractivity contribution in [3.05, 3.63) is 16.4 Å². The van der Waals surface area contributed by atoms with Gasteiger partial charge in [-0.05, 0) is 61.5 Å². The molecular formula is C16H28BrN3. The number of rotatable bonds is 6. The maximum Gasteiger partial charge on any atom is 0.0701 e. The lowest BCUT2D eigenvalue weighted by atomic mass is 9.82. The molecule has 1 aromatic heterocycles. The van der Waals surface area contributed by atoms with Crippen LogP contribution < -0.4 is 5.32 Å². The fraction of sp³-hybridized carbons (Fsp3) is 0.812. The topological polar surface area (TPSA) is 29.9 Å². The van der Waals surface area contributed by atoms with Gasteiger partial charge in [-0.3, -0.25) is 4.68 Å². The summed E-state index contributed by atoms with van der Waals surface area (Å²) in [6.07, 6.45) is 9.98. The summed E-state index contributed by atoms with van der Waals surface area (Å²) in [5, 5.41) is 8.36. The largest absolute Gasteiger partial charge is 0.308 e. The predicted molar refractivity (Wildman–Crippen MR) is 87.9 cm³/mol. The first-order valence-corrected chi connectivity index (χ1v) is 8.90. The summed E-state index contributed by atoms with van der Waals surface area (Å²) < 4.78 is 3.34. The van der Waals surface area contributed by atoms with Crippen LogP contribution in [0.2, 0.25) is 0 Å². The first-order chi connectivity index (χ1) is 9.65. The minimum Gasteiger partial charge on any atom is -0.308 e. The van der Waals surface area contributed by atoms with Crippen molar-refractivity contribution in [3.63, 3.8) is 0 Å². The highest BCUT2D eigenvalue weighted by atomic mass is 79.9. The van der Waals surface area contributed by atoms with Gasteiger partial charge in [0.05, 0.1) is 22.4 Å². The van der Waals surface area contributed by atoms with E-state index in [2.05, 4.69) is 51.8 Å². The molecule has 1 fully saturated rings. The van der Waals surface area contributed by atoms with E-state index in [0.717, 1.165) is 16.9 Å². The Morgan fingerprint density at radius 2 is 2.05 bits per heavy atom. The van der Waals surface area contributed by atoms with Gasteiger partial charge >= 0.3 is 0 Å². The fourth-order valence-corrected chi connectivity index (χ4v) is 3.83. The smallest absolute Gasteiger partial charge is 0.0701 e. The van der Waals surface area contributed by atoms with Gasteiger partial charge in [-0.1, -0.05) is 26.2 Å². The van der Waals surface area contributed by atoms with Crippen molar-refractivity contribution in [2.75, 3.05) is 6.54 Å². The number of nitrogens with one attached hydrogen (secondary N) is 1. The van der Waals surface area contributed by atoms with Gasteiger partial charge in [0.1, 0.15) is 0 Å². The third kappa shape index (κ3) is 3.64. The summed E-state index contributed by atoms with van der Waals surface area (Å²) in [5.74, 6) is 0.751. The zero-order valence-corrected chi connectivity index (χ0v) is 14.6. The molecule has 1 aromatic rings. The molecule has 3 nitrogen and oxygen atoms in total. The molecule has 2 rings (SSSR count). The van der Waals surface area contributed by atoms with Crippen LogP contribution in [0.3, 0.4) is 0 Å². The zero-order chi connectivity index (χ0) is 14.5. The Balaban J connectivity index is 2.27. The molecular weight excluding hydrogens is 314 g/mol. The molecule has 1 aliphatic carbocycles. The number of hydrogen-bond donors (Lipinski definition) is 1. The van der Waals surface area contributed by atoms with Crippen LogP contribution in [-0.2, 0) is 0 Å². The second-order valence-electron chi connectivity index (χ2n) is 6.25. The maximum atomic E-state index is 4.57. The van der Waals surface area contributed by atoms with Gasteiger partial charge in [0, 0.05) is 6.04 Å². The van der Waals surface area contributed by atoms with Gasteiger partial charge in [0.25, 0.3) is 0 Å². The second-order valence-corrected chi connectivity index (χ2v) is 7.10. The lowest BCUT2D eigenvalue weighted by molar-refractivity contribution is 0.257. The van der Waals surface area contributed by atoms with E-state index in [1.807, 2.05) is 6.20 Å². The van der Waals surface area contributed by atoms with Gasteiger partial charge in [0.15, 0.2) is 0 Å². The van der Waals surface area contributed by atoms with Crippen LogP contribution in [0.25, 0.3) is 0 Å². The number of hydrogen-bond acceptors (Lipinski definition) is 2. The van der Waals surface area contributed by atoms with E-state index < -0.39 is 0 Å². The predicted octanol–water partition coefficient (Wildman–Crippen LogP) is 4.85. The molecule has 0 aliphatic heterocycles. The Morgan fingerprint density at radius 1 is 1.35 bits per heavy atom. The van der Waals surface area contributed by atoms with Crippen LogP contribution in [0.5, 0.6) is 0 Å². The lowest BCUT2D eigenvalue weighted by Gasteiger charge is -2.32. The summed E-state index contributed by atoms with van der Waals surface area (Å²) in [4.78, 5) is 0. The SMILES string of the molecule is CCCNC(c1c(Br)cnn1C(C)C)C1CCCCC1. The Bertz CT molecular complexity index is 408. The number of halogens is 1. The summed E-state index contributed by atoms with van der Waals surface area (Å²) >= 11 is 3.72. The molecule has 0 saturated heterocycles. The van der Waals surface area contributed by atoms with E-state index in [9.17, 15) is 0 Å². The molecule has 1 unspecified atom stereocenters. The average Bonchev–Trinajstić information content (AvgIpc) is 2.83. The van der Waals surface area contributed by atoms with Crippen molar-refractivity contribution in [1.82, 2.24) is 15.1 Å². The fourth-order valence-electron chi connectivity index (χ4n) is 3.31. The normalized spacial score (nSPS) is 18.6. The molecule has 0 bridgehead atoms. The van der Waals surface area contributed by atoms with Crippen LogP contribution in [0.1, 0.15) is 77.1 Å². The van der Waals surface area contributed by atoms with E-state index in [0.29, 0.717) is 12.1 Å². The lowest BCUT2D eigenvalue weighted by Crippen LogP contribution is -2.32. The third-order valence-electron chi connectivity index (χ3n) is 4.31. The van der Waals surface area contributed by atoms with E-state index in [4.69, 9.17) is 0 Å². The molecule has 1 aliphatic rings. The zero-order valence-electron chi connectivity index (χ0n) is 13.0. The maximum absolute atomic E-state index is 4.57. The Hall–Kier alpha value is -0.350. The first kappa shape index (κ1) is 16.0.